The second kappa shape index (κ2) is 16.3. The Balaban J connectivity index is 0. The highest BCUT2D eigenvalue weighted by atomic mass is 16.5. The number of unbranched alkanes of at least 4 members (excludes halogenated alkanes) is 1. The van der Waals surface area contributed by atoms with Crippen LogP contribution >= 0.6 is 0 Å². The Morgan fingerprint density at radius 3 is 1.73 bits per heavy atom. The Morgan fingerprint density at radius 1 is 0.933 bits per heavy atom. The van der Waals surface area contributed by atoms with E-state index in [9.17, 15) is 0 Å². The Morgan fingerprint density at radius 2 is 1.47 bits per heavy atom. The first-order valence-electron chi connectivity index (χ1n) is 6.17. The zero-order chi connectivity index (χ0) is 11.9. The Kier molecular flexibility index (Phi) is 18.8. The lowest BCUT2D eigenvalue weighted by Gasteiger charge is -2.13. The van der Waals surface area contributed by atoms with Gasteiger partial charge >= 0.3 is 0 Å². The molecule has 1 N–H and O–H groups in total. The second-order valence-electron chi connectivity index (χ2n) is 3.31. The summed E-state index contributed by atoms with van der Waals surface area (Å²) < 4.78 is 4.97. The zero-order valence-corrected chi connectivity index (χ0v) is 11.0. The molecule has 15 heavy (non-hydrogen) atoms. The largest absolute Gasteiger partial charge is 0.394 e. The maximum absolute atomic E-state index is 8.24. The van der Waals surface area contributed by atoms with E-state index < -0.39 is 0 Å². The molecule has 0 bridgehead atoms. The molecule has 0 atom stereocenters. The number of nitrogens with zero attached hydrogens (tertiary/aromatic N) is 1. The van der Waals surface area contributed by atoms with Crippen molar-refractivity contribution in [1.82, 2.24) is 4.90 Å². The molecule has 0 saturated heterocycles. The molecule has 0 aromatic rings. The van der Waals surface area contributed by atoms with E-state index >= 15 is 0 Å². The Bertz CT molecular complexity index is 84.1. The molecule has 0 unspecified atom stereocenters. The van der Waals surface area contributed by atoms with Gasteiger partial charge in [-0.3, -0.25) is 0 Å². The van der Waals surface area contributed by atoms with Crippen molar-refractivity contribution in [3.05, 3.63) is 0 Å². The highest BCUT2D eigenvalue weighted by Crippen LogP contribution is 1.85. The highest BCUT2D eigenvalue weighted by molar-refractivity contribution is 4.43. The molecule has 0 spiro atoms. The van der Waals surface area contributed by atoms with Crippen LogP contribution in [0.3, 0.4) is 0 Å². The summed E-state index contributed by atoms with van der Waals surface area (Å²) in [5.41, 5.74) is 0. The second-order valence-corrected chi connectivity index (χ2v) is 3.31. The molecule has 0 aliphatic rings. The molecule has 0 heterocycles. The van der Waals surface area contributed by atoms with Crippen molar-refractivity contribution in [3.63, 3.8) is 0 Å². The molecule has 0 fully saturated rings. The van der Waals surface area contributed by atoms with Gasteiger partial charge in [0.15, 0.2) is 0 Å². The number of hydrogen-bond donors (Lipinski definition) is 1. The lowest BCUT2D eigenvalue weighted by Crippen LogP contribution is -2.21. The van der Waals surface area contributed by atoms with Crippen molar-refractivity contribution in [2.45, 2.75) is 40.5 Å². The average molecular weight is 219 g/mol. The summed E-state index contributed by atoms with van der Waals surface area (Å²) in [5, 5.41) is 8.24. The number of aliphatic hydroxyl groups is 1. The summed E-state index contributed by atoms with van der Waals surface area (Å²) in [6, 6.07) is 0. The smallest absolute Gasteiger partial charge is 0.0697 e. The third-order valence-electron chi connectivity index (χ3n) is 2.22. The lowest BCUT2D eigenvalue weighted by molar-refractivity contribution is 0.0904. The van der Waals surface area contributed by atoms with Gasteiger partial charge in [0.2, 0.25) is 0 Å². The van der Waals surface area contributed by atoms with E-state index in [0.29, 0.717) is 6.61 Å². The van der Waals surface area contributed by atoms with Gasteiger partial charge in [0, 0.05) is 6.61 Å². The topological polar surface area (TPSA) is 32.7 Å². The van der Waals surface area contributed by atoms with Gasteiger partial charge in [-0.1, -0.05) is 34.1 Å². The van der Waals surface area contributed by atoms with Crippen LogP contribution in [0.25, 0.3) is 0 Å². The monoisotopic (exact) mass is 219 g/mol. The molecule has 0 aromatic heterocycles. The van der Waals surface area contributed by atoms with E-state index in [0.717, 1.165) is 19.4 Å². The third-order valence-corrected chi connectivity index (χ3v) is 2.22. The first-order chi connectivity index (χ1) is 7.26. The number of aliphatic hydroxyl groups excluding tert-OH is 1. The van der Waals surface area contributed by atoms with E-state index in [1.54, 1.807) is 0 Å². The number of rotatable bonds is 8. The molecule has 0 rings (SSSR count). The van der Waals surface area contributed by atoms with E-state index in [4.69, 9.17) is 9.84 Å². The van der Waals surface area contributed by atoms with Crippen LogP contribution in [0.4, 0.5) is 0 Å². The highest BCUT2D eigenvalue weighted by Gasteiger charge is 1.89. The molecule has 3 heteroatoms. The van der Waals surface area contributed by atoms with Gasteiger partial charge in [-0.05, 0) is 26.1 Å². The average Bonchev–Trinajstić information content (AvgIpc) is 2.28. The predicted octanol–water partition coefficient (Wildman–Crippen LogP) is 2.14. The quantitative estimate of drug-likeness (QED) is 0.635. The molecular formula is C12H29NO2. The van der Waals surface area contributed by atoms with E-state index in [-0.39, 0.29) is 6.61 Å². The third kappa shape index (κ3) is 16.5. The van der Waals surface area contributed by atoms with E-state index in [1.807, 2.05) is 0 Å². The zero-order valence-electron chi connectivity index (χ0n) is 11.0. The van der Waals surface area contributed by atoms with Crippen LogP contribution in [0, 0.1) is 0 Å². The fourth-order valence-electron chi connectivity index (χ4n) is 1.08. The summed E-state index contributed by atoms with van der Waals surface area (Å²) in [7, 11) is 0. The van der Waals surface area contributed by atoms with Crippen LogP contribution < -0.4 is 0 Å². The fraction of sp³-hybridized carbons (Fsp3) is 1.00. The molecular weight excluding hydrogens is 190 g/mol. The number of hydrogen-bond acceptors (Lipinski definition) is 3. The van der Waals surface area contributed by atoms with Crippen molar-refractivity contribution in [2.24, 2.45) is 0 Å². The van der Waals surface area contributed by atoms with Crippen molar-refractivity contribution in [2.75, 3.05) is 39.5 Å². The minimum absolute atomic E-state index is 0.143. The lowest BCUT2D eigenvalue weighted by atomic mass is 10.4. The first-order valence-corrected chi connectivity index (χ1v) is 6.17. The molecule has 0 aliphatic carbocycles. The van der Waals surface area contributed by atoms with Crippen LogP contribution in [0.15, 0.2) is 0 Å². The fourth-order valence-corrected chi connectivity index (χ4v) is 1.08. The molecule has 0 amide bonds. The molecule has 3 nitrogen and oxygen atoms in total. The normalized spacial score (nSPS) is 10.0. The standard InChI is InChI=1S/C6H15N.C6H14O2/c1-4-7(5-2)6-3;1-2-3-5-8-6-4-7/h4-6H2,1-3H3;7H,2-6H2,1H3. The molecule has 0 aliphatic heterocycles. The summed E-state index contributed by atoms with van der Waals surface area (Å²) in [4.78, 5) is 2.38. The van der Waals surface area contributed by atoms with Crippen LogP contribution in [0.5, 0.6) is 0 Å². The number of ether oxygens (including phenoxy) is 1. The van der Waals surface area contributed by atoms with Crippen LogP contribution in [0.2, 0.25) is 0 Å². The van der Waals surface area contributed by atoms with Gasteiger partial charge in [-0.15, -0.1) is 0 Å². The Hall–Kier alpha value is -0.120. The maximum atomic E-state index is 8.24. The Labute approximate surface area is 95.4 Å². The van der Waals surface area contributed by atoms with Gasteiger partial charge in [0.1, 0.15) is 0 Å². The summed E-state index contributed by atoms with van der Waals surface area (Å²) in [6.45, 7) is 13.7. The van der Waals surface area contributed by atoms with Crippen LogP contribution in [-0.4, -0.2) is 49.5 Å². The minimum Gasteiger partial charge on any atom is -0.394 e. The van der Waals surface area contributed by atoms with Gasteiger partial charge < -0.3 is 14.7 Å². The SMILES string of the molecule is CCCCOCCO.CCN(CC)CC. The minimum atomic E-state index is 0.143. The van der Waals surface area contributed by atoms with E-state index in [1.165, 1.54) is 19.6 Å². The van der Waals surface area contributed by atoms with Gasteiger partial charge in [0.25, 0.3) is 0 Å². The van der Waals surface area contributed by atoms with Gasteiger partial charge in [-0.2, -0.15) is 0 Å². The predicted molar refractivity (Wildman–Crippen MR) is 66.3 cm³/mol. The first kappa shape index (κ1) is 17.3. The summed E-state index contributed by atoms with van der Waals surface area (Å²) in [6.07, 6.45) is 2.26. The van der Waals surface area contributed by atoms with Crippen LogP contribution in [0.1, 0.15) is 40.5 Å². The molecule has 0 aromatic carbocycles. The summed E-state index contributed by atoms with van der Waals surface area (Å²) in [5.74, 6) is 0. The maximum Gasteiger partial charge on any atom is 0.0697 e. The van der Waals surface area contributed by atoms with Crippen molar-refractivity contribution in [1.29, 1.82) is 0 Å². The summed E-state index contributed by atoms with van der Waals surface area (Å²) >= 11 is 0. The van der Waals surface area contributed by atoms with E-state index in [2.05, 4.69) is 32.6 Å². The van der Waals surface area contributed by atoms with Crippen molar-refractivity contribution in [3.8, 4) is 0 Å². The van der Waals surface area contributed by atoms with Gasteiger partial charge in [0.05, 0.1) is 13.2 Å². The molecule has 0 radical (unpaired) electrons. The van der Waals surface area contributed by atoms with Crippen LogP contribution in [-0.2, 0) is 4.74 Å². The molecule has 0 saturated carbocycles. The van der Waals surface area contributed by atoms with Gasteiger partial charge in [-0.25, -0.2) is 0 Å². The van der Waals surface area contributed by atoms with Crippen molar-refractivity contribution >= 4 is 0 Å². The molecule has 94 valence electrons. The van der Waals surface area contributed by atoms with Crippen molar-refractivity contribution < 1.29 is 9.84 Å².